The number of alkyl halides is 1. The molecular weight excluding hydrogens is 318 g/mol. The molecule has 0 spiro atoms. The van der Waals surface area contributed by atoms with Crippen molar-refractivity contribution in [2.45, 2.75) is 24.3 Å². The van der Waals surface area contributed by atoms with Gasteiger partial charge in [-0.25, -0.2) is 8.42 Å². The molecule has 0 saturated carbocycles. The molecule has 0 fully saturated rings. The number of benzene rings is 1. The van der Waals surface area contributed by atoms with E-state index in [0.717, 1.165) is 5.56 Å². The number of sulfone groups is 1. The largest absolute Gasteiger partial charge is 0.350 e. The van der Waals surface area contributed by atoms with Gasteiger partial charge in [0, 0.05) is 18.0 Å². The fourth-order valence-corrected chi connectivity index (χ4v) is 2.48. The third-order valence-corrected chi connectivity index (χ3v) is 4.03. The van der Waals surface area contributed by atoms with Gasteiger partial charge in [0.15, 0.2) is 9.84 Å². The number of halogens is 1. The zero-order valence-corrected chi connectivity index (χ0v) is 12.7. The molecule has 1 amide bonds. The minimum atomic E-state index is -3.17. The Kier molecular flexibility index (Phi) is 5.34. The summed E-state index contributed by atoms with van der Waals surface area (Å²) in [5.41, 5.74) is 0.880. The fourth-order valence-electron chi connectivity index (χ4n) is 1.49. The van der Waals surface area contributed by atoms with Crippen LogP contribution in [0.15, 0.2) is 29.2 Å². The molecule has 1 rings (SSSR count). The Morgan fingerprint density at radius 2 is 1.89 bits per heavy atom. The molecule has 0 saturated heterocycles. The van der Waals surface area contributed by atoms with Crippen LogP contribution < -0.4 is 5.32 Å². The molecule has 1 aromatic rings. The second kappa shape index (κ2) is 6.33. The van der Waals surface area contributed by atoms with Gasteiger partial charge in [0.05, 0.1) is 10.9 Å². The summed E-state index contributed by atoms with van der Waals surface area (Å²) in [6, 6.07) is 6.41. The Labute approximate surface area is 116 Å². The predicted octanol–water partition coefficient (Wildman–Crippen LogP) is 2.05. The third-order valence-electron chi connectivity index (χ3n) is 2.51. The lowest BCUT2D eigenvalue weighted by Gasteiger charge is -2.14. The highest BCUT2D eigenvalue weighted by Gasteiger charge is 2.11. The maximum atomic E-state index is 11.4. The standard InChI is InChI=1S/C12H16BrNO3S/c1-9(14-12(15)7-8-13)10-3-5-11(6-4-10)18(2,16)17/h3-6,9H,7-8H2,1-2H3,(H,14,15). The van der Waals surface area contributed by atoms with Gasteiger partial charge in [-0.3, -0.25) is 4.79 Å². The van der Waals surface area contributed by atoms with Gasteiger partial charge in [0.1, 0.15) is 0 Å². The minimum absolute atomic E-state index is 0.0356. The van der Waals surface area contributed by atoms with E-state index >= 15 is 0 Å². The van der Waals surface area contributed by atoms with Crippen LogP contribution in [0, 0.1) is 0 Å². The highest BCUT2D eigenvalue weighted by atomic mass is 79.9. The van der Waals surface area contributed by atoms with Gasteiger partial charge in [0.25, 0.3) is 0 Å². The first-order valence-corrected chi connectivity index (χ1v) is 8.51. The quantitative estimate of drug-likeness (QED) is 0.839. The zero-order valence-electron chi connectivity index (χ0n) is 10.3. The Balaban J connectivity index is 2.76. The Hall–Kier alpha value is -0.880. The molecule has 0 aliphatic rings. The number of carbonyl (C=O) groups excluding carboxylic acids is 1. The lowest BCUT2D eigenvalue weighted by Crippen LogP contribution is -2.26. The Morgan fingerprint density at radius 1 is 1.33 bits per heavy atom. The number of nitrogens with one attached hydrogen (secondary N) is 1. The average molecular weight is 334 g/mol. The van der Waals surface area contributed by atoms with Gasteiger partial charge in [0.2, 0.25) is 5.91 Å². The van der Waals surface area contributed by atoms with E-state index < -0.39 is 9.84 Å². The van der Waals surface area contributed by atoms with Crippen molar-refractivity contribution in [1.82, 2.24) is 5.32 Å². The molecule has 1 atom stereocenters. The summed E-state index contributed by atoms with van der Waals surface area (Å²) in [5.74, 6) is -0.0356. The topological polar surface area (TPSA) is 63.2 Å². The first-order valence-electron chi connectivity index (χ1n) is 5.50. The molecule has 0 aliphatic carbocycles. The summed E-state index contributed by atoms with van der Waals surface area (Å²) in [5, 5.41) is 3.46. The molecule has 1 unspecified atom stereocenters. The molecule has 100 valence electrons. The summed E-state index contributed by atoms with van der Waals surface area (Å²) in [6.45, 7) is 1.86. The second-order valence-electron chi connectivity index (χ2n) is 4.07. The minimum Gasteiger partial charge on any atom is -0.350 e. The van der Waals surface area contributed by atoms with Gasteiger partial charge in [-0.2, -0.15) is 0 Å². The van der Waals surface area contributed by atoms with Crippen molar-refractivity contribution in [3.63, 3.8) is 0 Å². The van der Waals surface area contributed by atoms with Crippen molar-refractivity contribution in [2.24, 2.45) is 0 Å². The van der Waals surface area contributed by atoms with Crippen molar-refractivity contribution in [1.29, 1.82) is 0 Å². The maximum absolute atomic E-state index is 11.4. The molecule has 1 N–H and O–H groups in total. The monoisotopic (exact) mass is 333 g/mol. The molecule has 0 bridgehead atoms. The summed E-state index contributed by atoms with van der Waals surface area (Å²) in [4.78, 5) is 11.7. The van der Waals surface area contributed by atoms with Crippen molar-refractivity contribution >= 4 is 31.7 Å². The lowest BCUT2D eigenvalue weighted by atomic mass is 10.1. The van der Waals surface area contributed by atoms with Crippen LogP contribution in [0.5, 0.6) is 0 Å². The first-order chi connectivity index (χ1) is 8.34. The van der Waals surface area contributed by atoms with E-state index in [0.29, 0.717) is 11.8 Å². The van der Waals surface area contributed by atoms with Gasteiger partial charge >= 0.3 is 0 Å². The normalized spacial score (nSPS) is 13.1. The third kappa shape index (κ3) is 4.42. The lowest BCUT2D eigenvalue weighted by molar-refractivity contribution is -0.121. The molecule has 0 heterocycles. The molecule has 18 heavy (non-hydrogen) atoms. The number of rotatable bonds is 5. The molecule has 0 radical (unpaired) electrons. The zero-order chi connectivity index (χ0) is 13.8. The number of hydrogen-bond donors (Lipinski definition) is 1. The number of carbonyl (C=O) groups is 1. The van der Waals surface area contributed by atoms with Gasteiger partial charge in [-0.05, 0) is 24.6 Å². The van der Waals surface area contributed by atoms with E-state index in [4.69, 9.17) is 0 Å². The van der Waals surface area contributed by atoms with Crippen LogP contribution >= 0.6 is 15.9 Å². The van der Waals surface area contributed by atoms with Crippen molar-refractivity contribution in [3.05, 3.63) is 29.8 Å². The highest BCUT2D eigenvalue weighted by Crippen LogP contribution is 2.16. The van der Waals surface area contributed by atoms with Crippen LogP contribution in [0.2, 0.25) is 0 Å². The fraction of sp³-hybridized carbons (Fsp3) is 0.417. The summed E-state index contributed by atoms with van der Waals surface area (Å²) < 4.78 is 22.6. The highest BCUT2D eigenvalue weighted by molar-refractivity contribution is 9.09. The van der Waals surface area contributed by atoms with Gasteiger partial charge in [-0.15, -0.1) is 0 Å². The van der Waals surface area contributed by atoms with E-state index in [2.05, 4.69) is 21.2 Å². The summed E-state index contributed by atoms with van der Waals surface area (Å²) >= 11 is 3.20. The average Bonchev–Trinajstić information content (AvgIpc) is 2.28. The SMILES string of the molecule is CC(NC(=O)CCBr)c1ccc(S(C)(=O)=O)cc1. The number of hydrogen-bond acceptors (Lipinski definition) is 3. The van der Waals surface area contributed by atoms with E-state index in [-0.39, 0.29) is 16.8 Å². The summed E-state index contributed by atoms with van der Waals surface area (Å²) in [6.07, 6.45) is 1.59. The van der Waals surface area contributed by atoms with E-state index in [9.17, 15) is 13.2 Å². The molecule has 0 aliphatic heterocycles. The molecule has 1 aromatic carbocycles. The molecular formula is C12H16BrNO3S. The smallest absolute Gasteiger partial charge is 0.221 e. The predicted molar refractivity (Wildman–Crippen MR) is 74.5 cm³/mol. The Bertz CT molecular complexity index is 511. The first kappa shape index (κ1) is 15.2. The van der Waals surface area contributed by atoms with Crippen LogP contribution in [0.3, 0.4) is 0 Å². The molecule has 0 aromatic heterocycles. The summed E-state index contributed by atoms with van der Waals surface area (Å²) in [7, 11) is -3.17. The van der Waals surface area contributed by atoms with Crippen molar-refractivity contribution < 1.29 is 13.2 Å². The Morgan fingerprint density at radius 3 is 2.33 bits per heavy atom. The van der Waals surface area contributed by atoms with Crippen molar-refractivity contribution in [2.75, 3.05) is 11.6 Å². The van der Waals surface area contributed by atoms with Gasteiger partial charge < -0.3 is 5.32 Å². The van der Waals surface area contributed by atoms with E-state index in [1.54, 1.807) is 24.3 Å². The maximum Gasteiger partial charge on any atom is 0.221 e. The van der Waals surface area contributed by atoms with Crippen LogP contribution in [0.4, 0.5) is 0 Å². The van der Waals surface area contributed by atoms with Crippen LogP contribution in [0.25, 0.3) is 0 Å². The number of amides is 1. The van der Waals surface area contributed by atoms with E-state index in [1.807, 2.05) is 6.92 Å². The van der Waals surface area contributed by atoms with Crippen LogP contribution in [0.1, 0.15) is 24.9 Å². The van der Waals surface area contributed by atoms with E-state index in [1.165, 1.54) is 6.26 Å². The second-order valence-corrected chi connectivity index (χ2v) is 6.88. The molecule has 4 nitrogen and oxygen atoms in total. The van der Waals surface area contributed by atoms with Crippen LogP contribution in [-0.2, 0) is 14.6 Å². The molecule has 6 heteroatoms. The van der Waals surface area contributed by atoms with Crippen molar-refractivity contribution in [3.8, 4) is 0 Å². The van der Waals surface area contributed by atoms with Gasteiger partial charge in [-0.1, -0.05) is 28.1 Å². The van der Waals surface area contributed by atoms with Crippen LogP contribution in [-0.4, -0.2) is 25.9 Å².